The van der Waals surface area contributed by atoms with E-state index < -0.39 is 8.32 Å². The van der Waals surface area contributed by atoms with Crippen molar-refractivity contribution in [1.82, 2.24) is 0 Å². The number of cyclic esters (lactones) is 1. The molecule has 3 nitrogen and oxygen atoms in total. The Hall–Kier alpha value is -0.613. The van der Waals surface area contributed by atoms with Crippen molar-refractivity contribution < 1.29 is 14.0 Å². The normalized spacial score (nSPS) is 34.6. The van der Waals surface area contributed by atoms with Crippen molar-refractivity contribution in [1.29, 1.82) is 0 Å². The van der Waals surface area contributed by atoms with Gasteiger partial charge in [-0.25, -0.2) is 0 Å². The van der Waals surface area contributed by atoms with Crippen molar-refractivity contribution in [3.8, 4) is 0 Å². The van der Waals surface area contributed by atoms with Gasteiger partial charge in [0, 0.05) is 5.92 Å². The molecular formula is C16H28O3Si. The standard InChI is InChI=1S/C16H28O3Si/c1-11-7-8-12-13(9-11)15(17)18-10-14(12)19-20(5,6)16(2,3)4/h7-8,11-14H,9-10H2,1-6H3/t11-,12+,13-,14+/m1/s1. The monoisotopic (exact) mass is 296 g/mol. The number of carbonyl (C=O) groups excluding carboxylic acids is 1. The van der Waals surface area contributed by atoms with Crippen molar-refractivity contribution in [2.24, 2.45) is 17.8 Å². The molecule has 0 spiro atoms. The molecule has 1 saturated heterocycles. The molecule has 0 aromatic heterocycles. The van der Waals surface area contributed by atoms with Gasteiger partial charge in [-0.3, -0.25) is 4.79 Å². The van der Waals surface area contributed by atoms with Crippen LogP contribution >= 0.6 is 0 Å². The zero-order valence-electron chi connectivity index (χ0n) is 13.6. The molecule has 0 radical (unpaired) electrons. The SMILES string of the molecule is C[C@@H]1C=C[C@@H]2[C@@H](O[Si](C)(C)C(C)(C)C)COC(=O)[C@@H]2C1. The first-order valence-electron chi connectivity index (χ1n) is 7.64. The minimum Gasteiger partial charge on any atom is -0.463 e. The van der Waals surface area contributed by atoms with E-state index in [0.717, 1.165) is 6.42 Å². The highest BCUT2D eigenvalue weighted by atomic mass is 28.4. The van der Waals surface area contributed by atoms with E-state index in [1.165, 1.54) is 0 Å². The molecule has 0 aromatic carbocycles. The summed E-state index contributed by atoms with van der Waals surface area (Å²) in [5.41, 5.74) is 0. The number of hydrogen-bond donors (Lipinski definition) is 0. The molecule has 0 saturated carbocycles. The van der Waals surface area contributed by atoms with Crippen LogP contribution in [0.1, 0.15) is 34.1 Å². The van der Waals surface area contributed by atoms with E-state index in [2.05, 4.69) is 52.9 Å². The van der Waals surface area contributed by atoms with Gasteiger partial charge in [0.2, 0.25) is 0 Å². The van der Waals surface area contributed by atoms with Gasteiger partial charge in [-0.1, -0.05) is 39.8 Å². The highest BCUT2D eigenvalue weighted by Crippen LogP contribution is 2.42. The summed E-state index contributed by atoms with van der Waals surface area (Å²) in [5, 5.41) is 0.176. The van der Waals surface area contributed by atoms with Crippen LogP contribution < -0.4 is 0 Å². The fourth-order valence-corrected chi connectivity index (χ4v) is 4.11. The molecule has 0 N–H and O–H groups in total. The Labute approximate surface area is 123 Å². The second-order valence-electron chi connectivity index (χ2n) is 7.83. The molecule has 0 unspecified atom stereocenters. The maximum Gasteiger partial charge on any atom is 0.309 e. The molecule has 0 bridgehead atoms. The van der Waals surface area contributed by atoms with Gasteiger partial charge in [-0.05, 0) is 30.5 Å². The zero-order chi connectivity index (χ0) is 15.1. The van der Waals surface area contributed by atoms with Gasteiger partial charge in [0.15, 0.2) is 8.32 Å². The van der Waals surface area contributed by atoms with Gasteiger partial charge in [0.1, 0.15) is 6.61 Å². The van der Waals surface area contributed by atoms with Crippen LogP contribution in [0.25, 0.3) is 0 Å². The second-order valence-corrected chi connectivity index (χ2v) is 12.6. The number of rotatable bonds is 2. The molecule has 2 rings (SSSR count). The van der Waals surface area contributed by atoms with Crippen LogP contribution in [0.15, 0.2) is 12.2 Å². The highest BCUT2D eigenvalue weighted by molar-refractivity contribution is 6.74. The number of hydrogen-bond acceptors (Lipinski definition) is 3. The van der Waals surface area contributed by atoms with Crippen molar-refractivity contribution in [3.63, 3.8) is 0 Å². The van der Waals surface area contributed by atoms with Crippen LogP contribution in [0.5, 0.6) is 0 Å². The quantitative estimate of drug-likeness (QED) is 0.442. The summed E-state index contributed by atoms with van der Waals surface area (Å²) in [5.74, 6) is 0.594. The first-order valence-corrected chi connectivity index (χ1v) is 10.6. The maximum absolute atomic E-state index is 12.0. The van der Waals surface area contributed by atoms with Crippen LogP contribution in [0.4, 0.5) is 0 Å². The van der Waals surface area contributed by atoms with Gasteiger partial charge in [0.05, 0.1) is 12.0 Å². The van der Waals surface area contributed by atoms with Crippen LogP contribution in [0, 0.1) is 17.8 Å². The summed E-state index contributed by atoms with van der Waals surface area (Å²) < 4.78 is 11.9. The average molecular weight is 296 g/mol. The zero-order valence-corrected chi connectivity index (χ0v) is 14.6. The molecule has 114 valence electrons. The fraction of sp³-hybridized carbons (Fsp3) is 0.812. The number of esters is 1. The van der Waals surface area contributed by atoms with Crippen molar-refractivity contribution >= 4 is 14.3 Å². The molecule has 0 aromatic rings. The highest BCUT2D eigenvalue weighted by Gasteiger charge is 2.46. The third-order valence-corrected chi connectivity index (χ3v) is 9.63. The van der Waals surface area contributed by atoms with E-state index >= 15 is 0 Å². The van der Waals surface area contributed by atoms with E-state index in [1.54, 1.807) is 0 Å². The Kier molecular flexibility index (Phi) is 4.18. The van der Waals surface area contributed by atoms with E-state index in [0.29, 0.717) is 12.5 Å². The fourth-order valence-electron chi connectivity index (χ4n) is 2.77. The number of carbonyl (C=O) groups is 1. The van der Waals surface area contributed by atoms with E-state index in [4.69, 9.17) is 9.16 Å². The van der Waals surface area contributed by atoms with Crippen LogP contribution in [0.2, 0.25) is 18.1 Å². The molecule has 20 heavy (non-hydrogen) atoms. The summed E-state index contributed by atoms with van der Waals surface area (Å²) in [6, 6.07) is 0. The van der Waals surface area contributed by atoms with Gasteiger partial charge in [0.25, 0.3) is 0 Å². The first-order chi connectivity index (χ1) is 9.12. The Bertz CT molecular complexity index is 408. The minimum absolute atomic E-state index is 0.0153. The first kappa shape index (κ1) is 15.8. The minimum atomic E-state index is -1.83. The smallest absolute Gasteiger partial charge is 0.309 e. The van der Waals surface area contributed by atoms with E-state index in [-0.39, 0.29) is 28.9 Å². The second kappa shape index (κ2) is 5.30. The van der Waals surface area contributed by atoms with Crippen molar-refractivity contribution in [3.05, 3.63) is 12.2 Å². The summed E-state index contributed by atoms with van der Waals surface area (Å²) in [4.78, 5) is 12.0. The maximum atomic E-state index is 12.0. The van der Waals surface area contributed by atoms with Gasteiger partial charge < -0.3 is 9.16 Å². The van der Waals surface area contributed by atoms with E-state index in [9.17, 15) is 4.79 Å². The van der Waals surface area contributed by atoms with Gasteiger partial charge >= 0.3 is 5.97 Å². The predicted molar refractivity (Wildman–Crippen MR) is 82.9 cm³/mol. The Morgan fingerprint density at radius 1 is 1.30 bits per heavy atom. The van der Waals surface area contributed by atoms with Crippen molar-refractivity contribution in [2.45, 2.75) is 58.4 Å². The van der Waals surface area contributed by atoms with Gasteiger partial charge in [-0.15, -0.1) is 0 Å². The number of allylic oxidation sites excluding steroid dienone is 1. The molecule has 4 atom stereocenters. The molecule has 1 aliphatic heterocycles. The average Bonchev–Trinajstić information content (AvgIpc) is 2.31. The third kappa shape index (κ3) is 3.01. The van der Waals surface area contributed by atoms with Crippen LogP contribution in [0.3, 0.4) is 0 Å². The third-order valence-electron chi connectivity index (χ3n) is 5.13. The molecule has 1 fully saturated rings. The summed E-state index contributed by atoms with van der Waals surface area (Å²) >= 11 is 0. The molecule has 1 aliphatic carbocycles. The lowest BCUT2D eigenvalue weighted by Gasteiger charge is -2.45. The lowest BCUT2D eigenvalue weighted by atomic mass is 9.76. The number of ether oxygens (including phenoxy) is 1. The molecular weight excluding hydrogens is 268 g/mol. The number of fused-ring (bicyclic) bond motifs is 1. The van der Waals surface area contributed by atoms with Crippen molar-refractivity contribution in [2.75, 3.05) is 6.61 Å². The Morgan fingerprint density at radius 3 is 2.55 bits per heavy atom. The Balaban J connectivity index is 2.17. The molecule has 4 heteroatoms. The molecule has 0 amide bonds. The van der Waals surface area contributed by atoms with Crippen LogP contribution in [-0.2, 0) is 14.0 Å². The molecule has 2 aliphatic rings. The van der Waals surface area contributed by atoms with Gasteiger partial charge in [-0.2, -0.15) is 0 Å². The lowest BCUT2D eigenvalue weighted by molar-refractivity contribution is -0.164. The largest absolute Gasteiger partial charge is 0.463 e. The summed E-state index contributed by atoms with van der Waals surface area (Å²) in [6.07, 6.45) is 5.33. The Morgan fingerprint density at radius 2 is 1.95 bits per heavy atom. The van der Waals surface area contributed by atoms with E-state index in [1.807, 2.05) is 0 Å². The predicted octanol–water partition coefficient (Wildman–Crippen LogP) is 3.76. The van der Waals surface area contributed by atoms with Crippen LogP contribution in [-0.4, -0.2) is 27.0 Å². The topological polar surface area (TPSA) is 35.5 Å². The summed E-state index contributed by atoms with van der Waals surface area (Å²) in [7, 11) is -1.83. The summed E-state index contributed by atoms with van der Waals surface area (Å²) in [6.45, 7) is 13.8. The lowest BCUT2D eigenvalue weighted by Crippen LogP contribution is -2.52. The molecule has 1 heterocycles.